The second kappa shape index (κ2) is 5.86. The number of hydrogen-bond acceptors (Lipinski definition) is 3. The molecule has 1 amide bonds. The normalized spacial score (nSPS) is 18.4. The lowest BCUT2D eigenvalue weighted by atomic mass is 10.0. The molecule has 1 fully saturated rings. The maximum absolute atomic E-state index is 13.9. The summed E-state index contributed by atoms with van der Waals surface area (Å²) in [5.41, 5.74) is -0.194. The van der Waals surface area contributed by atoms with E-state index in [1.807, 2.05) is 0 Å². The molecule has 0 bridgehead atoms. The summed E-state index contributed by atoms with van der Waals surface area (Å²) in [6.07, 6.45) is -0.366. The molecule has 18 heavy (non-hydrogen) atoms. The molecule has 1 aliphatic heterocycles. The first-order valence-electron chi connectivity index (χ1n) is 5.08. The van der Waals surface area contributed by atoms with Crippen LogP contribution in [0.1, 0.15) is 18.0 Å². The molecule has 2 rings (SSSR count). The van der Waals surface area contributed by atoms with E-state index in [4.69, 9.17) is 4.74 Å². The summed E-state index contributed by atoms with van der Waals surface area (Å²) in [7, 11) is 1.29. The highest BCUT2D eigenvalue weighted by molar-refractivity contribution is 5.85. The molecule has 100 valence electrons. The number of methoxy groups -OCH3 is 1. The Labute approximate surface area is 109 Å². The van der Waals surface area contributed by atoms with Gasteiger partial charge in [-0.3, -0.25) is 0 Å². The highest BCUT2D eigenvalue weighted by atomic mass is 35.5. The third kappa shape index (κ3) is 2.64. The van der Waals surface area contributed by atoms with Crippen molar-refractivity contribution in [2.75, 3.05) is 13.7 Å². The van der Waals surface area contributed by atoms with Crippen molar-refractivity contribution < 1.29 is 23.0 Å². The number of cyclic esters (lactones) is 1. The second-order valence-electron chi connectivity index (χ2n) is 3.60. The van der Waals surface area contributed by atoms with Gasteiger partial charge in [0.25, 0.3) is 0 Å². The van der Waals surface area contributed by atoms with Crippen molar-refractivity contribution in [1.82, 2.24) is 5.32 Å². The van der Waals surface area contributed by atoms with Gasteiger partial charge in [0.15, 0.2) is 11.6 Å². The second-order valence-corrected chi connectivity index (χ2v) is 3.60. The van der Waals surface area contributed by atoms with Gasteiger partial charge in [-0.2, -0.15) is 0 Å². The van der Waals surface area contributed by atoms with Crippen LogP contribution in [0.15, 0.2) is 12.1 Å². The van der Waals surface area contributed by atoms with Gasteiger partial charge in [0.1, 0.15) is 5.82 Å². The smallest absolute Gasteiger partial charge is 0.407 e. The number of nitrogens with one attached hydrogen (secondary N) is 1. The summed E-state index contributed by atoms with van der Waals surface area (Å²) in [5, 5.41) is 2.37. The average Bonchev–Trinajstić information content (AvgIpc) is 2.29. The lowest BCUT2D eigenvalue weighted by Crippen LogP contribution is -2.36. The first-order chi connectivity index (χ1) is 8.13. The number of carbonyl (C=O) groups is 1. The molecule has 0 radical (unpaired) electrons. The molecule has 1 atom stereocenters. The van der Waals surface area contributed by atoms with Gasteiger partial charge in [-0.15, -0.1) is 12.4 Å². The van der Waals surface area contributed by atoms with Gasteiger partial charge in [-0.05, 0) is 12.1 Å². The Morgan fingerprint density at radius 2 is 2.17 bits per heavy atom. The Bertz CT molecular complexity index is 456. The number of halogens is 3. The molecule has 1 N–H and O–H groups in total. The molecule has 1 aliphatic rings. The maximum atomic E-state index is 13.9. The van der Waals surface area contributed by atoms with Crippen LogP contribution in [0.25, 0.3) is 0 Å². The van der Waals surface area contributed by atoms with Gasteiger partial charge in [-0.25, -0.2) is 13.6 Å². The lowest BCUT2D eigenvalue weighted by molar-refractivity contribution is 0.114. The summed E-state index contributed by atoms with van der Waals surface area (Å²) >= 11 is 0. The molecule has 1 heterocycles. The topological polar surface area (TPSA) is 47.6 Å². The Hall–Kier alpha value is -1.56. The molecule has 0 saturated carbocycles. The Kier molecular flexibility index (Phi) is 4.72. The standard InChI is InChI=1S/C11H11F2NO3.ClH/c1-16-8-3-2-6(12)9(10(8)13)7-4-5-17-11(15)14-7;/h2-3,7H,4-5H2,1H3,(H,14,15);1H/t7-;/m1./s1. The van der Waals surface area contributed by atoms with Crippen molar-refractivity contribution in [2.24, 2.45) is 0 Å². The van der Waals surface area contributed by atoms with Crippen LogP contribution in [0.3, 0.4) is 0 Å². The fraction of sp³-hybridized carbons (Fsp3) is 0.364. The summed E-state index contributed by atoms with van der Waals surface area (Å²) in [4.78, 5) is 11.0. The third-order valence-electron chi connectivity index (χ3n) is 2.59. The van der Waals surface area contributed by atoms with Crippen LogP contribution in [0.4, 0.5) is 13.6 Å². The molecular weight excluding hydrogens is 268 g/mol. The zero-order valence-electron chi connectivity index (χ0n) is 9.54. The van der Waals surface area contributed by atoms with Crippen LogP contribution in [-0.4, -0.2) is 19.8 Å². The van der Waals surface area contributed by atoms with Gasteiger partial charge in [0, 0.05) is 12.0 Å². The number of alkyl carbamates (subject to hydrolysis) is 1. The van der Waals surface area contributed by atoms with Crippen LogP contribution in [0.5, 0.6) is 5.75 Å². The monoisotopic (exact) mass is 279 g/mol. The predicted molar refractivity (Wildman–Crippen MR) is 62.0 cm³/mol. The Morgan fingerprint density at radius 3 is 2.78 bits per heavy atom. The van der Waals surface area contributed by atoms with Crippen molar-refractivity contribution in [3.05, 3.63) is 29.3 Å². The highest BCUT2D eigenvalue weighted by Crippen LogP contribution is 2.30. The van der Waals surface area contributed by atoms with Crippen molar-refractivity contribution in [3.8, 4) is 5.75 Å². The fourth-order valence-corrected chi connectivity index (χ4v) is 1.77. The molecule has 1 aromatic rings. The van der Waals surface area contributed by atoms with Crippen molar-refractivity contribution >= 4 is 18.5 Å². The number of amides is 1. The number of ether oxygens (including phenoxy) is 2. The van der Waals surface area contributed by atoms with E-state index >= 15 is 0 Å². The maximum Gasteiger partial charge on any atom is 0.407 e. The van der Waals surface area contributed by atoms with Crippen molar-refractivity contribution in [1.29, 1.82) is 0 Å². The van der Waals surface area contributed by atoms with Crippen molar-refractivity contribution in [3.63, 3.8) is 0 Å². The minimum atomic E-state index is -0.792. The minimum Gasteiger partial charge on any atom is -0.494 e. The molecule has 1 aromatic carbocycles. The Balaban J connectivity index is 0.00000162. The van der Waals surface area contributed by atoms with E-state index in [-0.39, 0.29) is 30.3 Å². The van der Waals surface area contributed by atoms with Crippen LogP contribution in [-0.2, 0) is 4.74 Å². The number of rotatable bonds is 2. The van der Waals surface area contributed by atoms with Crippen LogP contribution in [0, 0.1) is 11.6 Å². The highest BCUT2D eigenvalue weighted by Gasteiger charge is 2.27. The van der Waals surface area contributed by atoms with E-state index in [2.05, 4.69) is 10.1 Å². The van der Waals surface area contributed by atoms with E-state index in [1.165, 1.54) is 13.2 Å². The molecule has 0 spiro atoms. The molecule has 7 heteroatoms. The SMILES string of the molecule is COc1ccc(F)c([C@H]2CCOC(=O)N2)c1F.Cl. The quantitative estimate of drug-likeness (QED) is 0.905. The fourth-order valence-electron chi connectivity index (χ4n) is 1.77. The van der Waals surface area contributed by atoms with E-state index in [0.717, 1.165) is 6.07 Å². The summed E-state index contributed by atoms with van der Waals surface area (Å²) in [6.45, 7) is 0.132. The number of benzene rings is 1. The van der Waals surface area contributed by atoms with Crippen LogP contribution >= 0.6 is 12.4 Å². The van der Waals surface area contributed by atoms with Gasteiger partial charge in [-0.1, -0.05) is 0 Å². The first kappa shape index (κ1) is 14.5. The zero-order valence-corrected chi connectivity index (χ0v) is 10.4. The van der Waals surface area contributed by atoms with Gasteiger partial charge < -0.3 is 14.8 Å². The molecule has 4 nitrogen and oxygen atoms in total. The van der Waals surface area contributed by atoms with Gasteiger partial charge in [0.05, 0.1) is 19.8 Å². The molecule has 0 aliphatic carbocycles. The molecular formula is C11H12ClF2NO3. The summed E-state index contributed by atoms with van der Waals surface area (Å²) < 4.78 is 36.9. The average molecular weight is 280 g/mol. The molecule has 0 aromatic heterocycles. The summed E-state index contributed by atoms with van der Waals surface area (Å²) in [6, 6.07) is 1.58. The predicted octanol–water partition coefficient (Wildman–Crippen LogP) is 2.57. The van der Waals surface area contributed by atoms with Gasteiger partial charge >= 0.3 is 6.09 Å². The molecule has 0 unspecified atom stereocenters. The van der Waals surface area contributed by atoms with E-state index in [9.17, 15) is 13.6 Å². The van der Waals surface area contributed by atoms with E-state index < -0.39 is 23.8 Å². The largest absolute Gasteiger partial charge is 0.494 e. The first-order valence-corrected chi connectivity index (χ1v) is 5.08. The number of hydrogen-bond donors (Lipinski definition) is 1. The lowest BCUT2D eigenvalue weighted by Gasteiger charge is -2.24. The van der Waals surface area contributed by atoms with E-state index in [1.54, 1.807) is 0 Å². The minimum absolute atomic E-state index is 0. The number of carbonyl (C=O) groups excluding carboxylic acids is 1. The zero-order chi connectivity index (χ0) is 12.4. The van der Waals surface area contributed by atoms with E-state index in [0.29, 0.717) is 6.42 Å². The third-order valence-corrected chi connectivity index (χ3v) is 2.59. The van der Waals surface area contributed by atoms with Crippen LogP contribution < -0.4 is 10.1 Å². The van der Waals surface area contributed by atoms with Gasteiger partial charge in [0.2, 0.25) is 0 Å². The van der Waals surface area contributed by atoms with Crippen molar-refractivity contribution in [2.45, 2.75) is 12.5 Å². The van der Waals surface area contributed by atoms with Crippen LogP contribution in [0.2, 0.25) is 0 Å². The Morgan fingerprint density at radius 1 is 1.44 bits per heavy atom. The molecule has 1 saturated heterocycles. The summed E-state index contributed by atoms with van der Waals surface area (Å²) in [5.74, 6) is -1.56.